The number of rotatable bonds is 6. The molecule has 2 aromatic heterocycles. The molecule has 1 aliphatic rings. The molecule has 2 aromatic rings. The minimum atomic E-state index is -0.537. The molecule has 0 fully saturated rings. The number of hydrogen-bond donors (Lipinski definition) is 1. The lowest BCUT2D eigenvalue weighted by Gasteiger charge is -2.18. The molecule has 0 saturated heterocycles. The Labute approximate surface area is 165 Å². The van der Waals surface area contributed by atoms with Gasteiger partial charge in [0.1, 0.15) is 9.88 Å². The highest BCUT2D eigenvalue weighted by Crippen LogP contribution is 2.40. The maximum Gasteiger partial charge on any atom is 0.348 e. The van der Waals surface area contributed by atoms with Crippen molar-refractivity contribution in [2.24, 2.45) is 5.92 Å². The second kappa shape index (κ2) is 8.67. The number of anilines is 1. The molecule has 0 aromatic carbocycles. The Morgan fingerprint density at radius 2 is 2.07 bits per heavy atom. The van der Waals surface area contributed by atoms with Crippen molar-refractivity contribution < 1.29 is 23.9 Å². The molecule has 1 atom stereocenters. The van der Waals surface area contributed by atoms with Crippen LogP contribution in [-0.2, 0) is 27.1 Å². The first-order valence-electron chi connectivity index (χ1n) is 8.81. The van der Waals surface area contributed by atoms with Crippen molar-refractivity contribution in [1.29, 1.82) is 0 Å². The molecule has 1 N–H and O–H groups in total. The third-order valence-corrected chi connectivity index (χ3v) is 6.32. The van der Waals surface area contributed by atoms with Gasteiger partial charge < -0.3 is 14.8 Å². The zero-order chi connectivity index (χ0) is 19.4. The van der Waals surface area contributed by atoms with Crippen LogP contribution >= 0.6 is 22.7 Å². The summed E-state index contributed by atoms with van der Waals surface area (Å²) in [5.74, 6) is -0.890. The zero-order valence-corrected chi connectivity index (χ0v) is 16.8. The fourth-order valence-electron chi connectivity index (χ4n) is 3.02. The van der Waals surface area contributed by atoms with Gasteiger partial charge in [0.2, 0.25) is 0 Å². The Morgan fingerprint density at radius 1 is 1.26 bits per heavy atom. The van der Waals surface area contributed by atoms with E-state index in [4.69, 9.17) is 9.47 Å². The molecule has 6 nitrogen and oxygen atoms in total. The Kier molecular flexibility index (Phi) is 6.28. The summed E-state index contributed by atoms with van der Waals surface area (Å²) >= 11 is 2.66. The monoisotopic (exact) mass is 407 g/mol. The molecule has 144 valence electrons. The number of ether oxygens (including phenoxy) is 2. The molecule has 0 spiro atoms. The van der Waals surface area contributed by atoms with Gasteiger partial charge in [-0.2, -0.15) is 0 Å². The lowest BCUT2D eigenvalue weighted by atomic mass is 9.88. The van der Waals surface area contributed by atoms with Gasteiger partial charge in [-0.15, -0.1) is 22.7 Å². The highest BCUT2D eigenvalue weighted by molar-refractivity contribution is 7.17. The molecule has 1 amide bonds. The van der Waals surface area contributed by atoms with Crippen molar-refractivity contribution in [3.63, 3.8) is 0 Å². The molecule has 1 aliphatic carbocycles. The maximum absolute atomic E-state index is 12.4. The molecule has 2 heterocycles. The van der Waals surface area contributed by atoms with Gasteiger partial charge in [0.05, 0.1) is 12.2 Å². The van der Waals surface area contributed by atoms with Gasteiger partial charge >= 0.3 is 11.9 Å². The summed E-state index contributed by atoms with van der Waals surface area (Å²) in [6.07, 6.45) is 2.68. The average molecular weight is 408 g/mol. The van der Waals surface area contributed by atoms with Gasteiger partial charge in [0.15, 0.2) is 6.61 Å². The van der Waals surface area contributed by atoms with E-state index in [2.05, 4.69) is 12.2 Å². The smallest absolute Gasteiger partial charge is 0.348 e. The predicted octanol–water partition coefficient (Wildman–Crippen LogP) is 3.91. The molecule has 0 unspecified atom stereocenters. The second-order valence-electron chi connectivity index (χ2n) is 6.38. The Hall–Kier alpha value is -2.19. The molecule has 0 radical (unpaired) electrons. The lowest BCUT2D eigenvalue weighted by Crippen LogP contribution is -2.21. The summed E-state index contributed by atoms with van der Waals surface area (Å²) in [6, 6.07) is 3.38. The fraction of sp³-hybridized carbons (Fsp3) is 0.421. The largest absolute Gasteiger partial charge is 0.462 e. The topological polar surface area (TPSA) is 81.7 Å². The van der Waals surface area contributed by atoms with E-state index in [1.165, 1.54) is 22.7 Å². The summed E-state index contributed by atoms with van der Waals surface area (Å²) in [7, 11) is 0. The van der Waals surface area contributed by atoms with Gasteiger partial charge in [0, 0.05) is 4.88 Å². The van der Waals surface area contributed by atoms with Crippen LogP contribution in [0.2, 0.25) is 0 Å². The van der Waals surface area contributed by atoms with E-state index in [9.17, 15) is 14.4 Å². The number of thiophene rings is 2. The van der Waals surface area contributed by atoms with E-state index < -0.39 is 24.5 Å². The molecule has 0 bridgehead atoms. The first-order valence-corrected chi connectivity index (χ1v) is 10.5. The molecule has 8 heteroatoms. The van der Waals surface area contributed by atoms with Crippen LogP contribution in [0.3, 0.4) is 0 Å². The van der Waals surface area contributed by atoms with E-state index in [0.717, 1.165) is 29.7 Å². The summed E-state index contributed by atoms with van der Waals surface area (Å²) in [5.41, 5.74) is 1.42. The maximum atomic E-state index is 12.4. The molecule has 3 rings (SSSR count). The van der Waals surface area contributed by atoms with Gasteiger partial charge in [0.25, 0.3) is 5.91 Å². The highest BCUT2D eigenvalue weighted by atomic mass is 32.1. The third-order valence-electron chi connectivity index (χ3n) is 4.30. The third kappa shape index (κ3) is 4.56. The molecule has 0 aliphatic heterocycles. The molecular formula is C19H21NO5S2. The van der Waals surface area contributed by atoms with Gasteiger partial charge in [-0.1, -0.05) is 13.0 Å². The van der Waals surface area contributed by atoms with E-state index in [0.29, 0.717) is 21.4 Å². The van der Waals surface area contributed by atoms with Crippen LogP contribution in [-0.4, -0.2) is 31.1 Å². The number of carbonyl (C=O) groups is 3. The number of amides is 1. The first-order chi connectivity index (χ1) is 13.0. The standard InChI is InChI=1S/C19H21NO5S2/c1-3-24-19(23)16-12-7-6-11(2)9-14(12)27-17(16)20-15(21)10-25-18(22)13-5-4-8-26-13/h4-5,8,11H,3,6-7,9-10H2,1-2H3,(H,20,21)/t11-/m0/s1. The first kappa shape index (κ1) is 19.6. The van der Waals surface area contributed by atoms with E-state index in [1.54, 1.807) is 24.4 Å². The van der Waals surface area contributed by atoms with E-state index in [-0.39, 0.29) is 6.61 Å². The molecular weight excluding hydrogens is 386 g/mol. The van der Waals surface area contributed by atoms with Crippen molar-refractivity contribution >= 4 is 45.5 Å². The van der Waals surface area contributed by atoms with Crippen LogP contribution in [0.1, 0.15) is 50.7 Å². The van der Waals surface area contributed by atoms with Crippen molar-refractivity contribution in [2.75, 3.05) is 18.5 Å². The van der Waals surface area contributed by atoms with Crippen LogP contribution in [0.4, 0.5) is 5.00 Å². The van der Waals surface area contributed by atoms with Crippen LogP contribution in [0.5, 0.6) is 0 Å². The Morgan fingerprint density at radius 3 is 2.78 bits per heavy atom. The average Bonchev–Trinajstić information content (AvgIpc) is 3.27. The lowest BCUT2D eigenvalue weighted by molar-refractivity contribution is -0.119. The van der Waals surface area contributed by atoms with Gasteiger partial charge in [-0.05, 0) is 49.1 Å². The quantitative estimate of drug-likeness (QED) is 0.735. The minimum absolute atomic E-state index is 0.270. The van der Waals surface area contributed by atoms with Gasteiger partial charge in [-0.25, -0.2) is 9.59 Å². The van der Waals surface area contributed by atoms with Gasteiger partial charge in [-0.3, -0.25) is 4.79 Å². The highest BCUT2D eigenvalue weighted by Gasteiger charge is 2.29. The second-order valence-corrected chi connectivity index (χ2v) is 8.43. The predicted molar refractivity (Wildman–Crippen MR) is 105 cm³/mol. The van der Waals surface area contributed by atoms with Crippen molar-refractivity contribution in [2.45, 2.75) is 33.1 Å². The van der Waals surface area contributed by atoms with Crippen molar-refractivity contribution in [3.05, 3.63) is 38.4 Å². The molecule has 0 saturated carbocycles. The fourth-order valence-corrected chi connectivity index (χ4v) is 5.05. The summed E-state index contributed by atoms with van der Waals surface area (Å²) in [5, 5.41) is 4.97. The van der Waals surface area contributed by atoms with Crippen molar-refractivity contribution in [3.8, 4) is 0 Å². The number of hydrogen-bond acceptors (Lipinski definition) is 7. The van der Waals surface area contributed by atoms with E-state index >= 15 is 0 Å². The normalized spacial score (nSPS) is 15.7. The summed E-state index contributed by atoms with van der Waals surface area (Å²) < 4.78 is 10.2. The van der Waals surface area contributed by atoms with E-state index in [1.807, 2.05) is 0 Å². The Balaban J connectivity index is 1.72. The SMILES string of the molecule is CCOC(=O)c1c(NC(=O)COC(=O)c2cccs2)sc2c1CC[C@H](C)C2. The number of fused-ring (bicyclic) bond motifs is 1. The van der Waals surface area contributed by atoms with Crippen LogP contribution < -0.4 is 5.32 Å². The van der Waals surface area contributed by atoms with Crippen LogP contribution in [0, 0.1) is 5.92 Å². The zero-order valence-electron chi connectivity index (χ0n) is 15.2. The summed E-state index contributed by atoms with van der Waals surface area (Å²) in [4.78, 5) is 38.1. The van der Waals surface area contributed by atoms with Crippen molar-refractivity contribution in [1.82, 2.24) is 0 Å². The minimum Gasteiger partial charge on any atom is -0.462 e. The van der Waals surface area contributed by atoms with Crippen LogP contribution in [0.15, 0.2) is 17.5 Å². The van der Waals surface area contributed by atoms with Crippen LogP contribution in [0.25, 0.3) is 0 Å². The Bertz CT molecular complexity index is 841. The number of nitrogens with one attached hydrogen (secondary N) is 1. The molecule has 27 heavy (non-hydrogen) atoms. The number of esters is 2. The summed E-state index contributed by atoms with van der Waals surface area (Å²) in [6.45, 7) is 3.79. The number of carbonyl (C=O) groups excluding carboxylic acids is 3.